The van der Waals surface area contributed by atoms with Gasteiger partial charge in [0.25, 0.3) is 0 Å². The third-order valence-electron chi connectivity index (χ3n) is 5.07. The topological polar surface area (TPSA) is 29.8 Å². The Hall–Kier alpha value is -2.38. The number of pyridine rings is 1. The van der Waals surface area contributed by atoms with Crippen molar-refractivity contribution in [2.24, 2.45) is 0 Å². The fraction of sp³-hybridized carbons (Fsp3) is 0.381. The molecule has 3 aromatic rings. The van der Waals surface area contributed by atoms with Gasteiger partial charge in [0.05, 0.1) is 24.0 Å². The molecule has 28 heavy (non-hydrogen) atoms. The summed E-state index contributed by atoms with van der Waals surface area (Å²) in [4.78, 5) is 6.97. The fourth-order valence-electron chi connectivity index (χ4n) is 3.58. The van der Waals surface area contributed by atoms with E-state index in [4.69, 9.17) is 4.74 Å². The zero-order chi connectivity index (χ0) is 19.6. The molecule has 0 N–H and O–H groups in total. The van der Waals surface area contributed by atoms with E-state index in [0.717, 1.165) is 49.9 Å². The number of piperidine rings is 1. The van der Waals surface area contributed by atoms with Crippen LogP contribution in [0.25, 0.3) is 5.65 Å². The van der Waals surface area contributed by atoms with E-state index in [0.29, 0.717) is 5.56 Å². The second-order valence-electron chi connectivity index (χ2n) is 7.18. The maximum atomic E-state index is 12.8. The first kappa shape index (κ1) is 19.0. The van der Waals surface area contributed by atoms with Gasteiger partial charge in [-0.1, -0.05) is 18.2 Å². The van der Waals surface area contributed by atoms with Crippen molar-refractivity contribution in [2.75, 3.05) is 13.1 Å². The number of benzene rings is 1. The molecule has 4 nitrogen and oxygen atoms in total. The number of halogens is 3. The molecule has 4 rings (SSSR count). The Bertz CT molecular complexity index is 897. The van der Waals surface area contributed by atoms with Gasteiger partial charge in [0.2, 0.25) is 0 Å². The normalized spacial score (nSPS) is 16.7. The zero-order valence-electron chi connectivity index (χ0n) is 15.4. The van der Waals surface area contributed by atoms with Crippen LogP contribution in [0.1, 0.15) is 29.7 Å². The van der Waals surface area contributed by atoms with Crippen molar-refractivity contribution in [1.29, 1.82) is 0 Å². The van der Waals surface area contributed by atoms with Gasteiger partial charge < -0.3 is 9.14 Å². The van der Waals surface area contributed by atoms with Gasteiger partial charge in [0, 0.05) is 32.0 Å². The summed E-state index contributed by atoms with van der Waals surface area (Å²) >= 11 is 0. The fourth-order valence-corrected chi connectivity index (χ4v) is 3.58. The number of aromatic nitrogens is 2. The van der Waals surface area contributed by atoms with Gasteiger partial charge in [-0.05, 0) is 42.7 Å². The molecular weight excluding hydrogens is 367 g/mol. The summed E-state index contributed by atoms with van der Waals surface area (Å²) in [6.07, 6.45) is 1.52. The van der Waals surface area contributed by atoms with E-state index in [-0.39, 0.29) is 12.7 Å². The lowest BCUT2D eigenvalue weighted by Gasteiger charge is -2.31. The quantitative estimate of drug-likeness (QED) is 0.642. The molecule has 3 heterocycles. The number of hydrogen-bond acceptors (Lipinski definition) is 3. The molecule has 0 radical (unpaired) electrons. The standard InChI is InChI=1S/C21H22F3N3O/c22-21(23,24)17-5-3-4-16(12-17)15-28-19-7-10-26(11-8-19)13-18-14-27-9-2-1-6-20(27)25-18/h1-6,9,12,14,19H,7-8,10-11,13,15H2. The predicted molar refractivity (Wildman–Crippen MR) is 99.7 cm³/mol. The van der Waals surface area contributed by atoms with Crippen LogP contribution in [-0.4, -0.2) is 33.5 Å². The lowest BCUT2D eigenvalue weighted by atomic mass is 10.1. The number of nitrogens with zero attached hydrogens (tertiary/aromatic N) is 3. The number of hydrogen-bond donors (Lipinski definition) is 0. The van der Waals surface area contributed by atoms with Gasteiger partial charge in [-0.15, -0.1) is 0 Å². The van der Waals surface area contributed by atoms with Crippen LogP contribution in [-0.2, 0) is 24.1 Å². The molecule has 0 atom stereocenters. The monoisotopic (exact) mass is 389 g/mol. The molecule has 1 aliphatic heterocycles. The van der Waals surface area contributed by atoms with Crippen LogP contribution in [0.15, 0.2) is 54.9 Å². The molecule has 0 saturated carbocycles. The maximum absolute atomic E-state index is 12.8. The van der Waals surface area contributed by atoms with E-state index in [1.165, 1.54) is 12.1 Å². The second-order valence-corrected chi connectivity index (χ2v) is 7.18. The number of ether oxygens (including phenoxy) is 1. The predicted octanol–water partition coefficient (Wildman–Crippen LogP) is 4.53. The van der Waals surface area contributed by atoms with Crippen LogP contribution in [0, 0.1) is 0 Å². The molecule has 0 aliphatic carbocycles. The molecule has 1 saturated heterocycles. The smallest absolute Gasteiger partial charge is 0.373 e. The Morgan fingerprint density at radius 3 is 2.64 bits per heavy atom. The third-order valence-corrected chi connectivity index (χ3v) is 5.07. The Balaban J connectivity index is 1.26. The molecule has 1 aromatic carbocycles. The highest BCUT2D eigenvalue weighted by atomic mass is 19.4. The first-order chi connectivity index (χ1) is 13.5. The molecule has 0 bridgehead atoms. The Kier molecular flexibility index (Phi) is 5.37. The molecule has 148 valence electrons. The number of rotatable bonds is 5. The van der Waals surface area contributed by atoms with Gasteiger partial charge in [-0.25, -0.2) is 4.98 Å². The van der Waals surface area contributed by atoms with Crippen LogP contribution >= 0.6 is 0 Å². The molecule has 0 amide bonds. The molecule has 0 unspecified atom stereocenters. The number of likely N-dealkylation sites (tertiary alicyclic amines) is 1. The van der Waals surface area contributed by atoms with Crippen molar-refractivity contribution in [1.82, 2.24) is 14.3 Å². The number of alkyl halides is 3. The highest BCUT2D eigenvalue weighted by Gasteiger charge is 2.30. The Labute approximate surface area is 161 Å². The summed E-state index contributed by atoms with van der Waals surface area (Å²) in [5, 5.41) is 0. The number of imidazole rings is 1. The highest BCUT2D eigenvalue weighted by Crippen LogP contribution is 2.30. The van der Waals surface area contributed by atoms with E-state index in [1.54, 1.807) is 6.07 Å². The van der Waals surface area contributed by atoms with Crippen molar-refractivity contribution < 1.29 is 17.9 Å². The van der Waals surface area contributed by atoms with Crippen molar-refractivity contribution in [3.05, 3.63) is 71.7 Å². The van der Waals surface area contributed by atoms with Crippen LogP contribution in [0.4, 0.5) is 13.2 Å². The molecule has 1 fully saturated rings. The van der Waals surface area contributed by atoms with Crippen molar-refractivity contribution in [2.45, 2.75) is 38.3 Å². The van der Waals surface area contributed by atoms with E-state index < -0.39 is 11.7 Å². The van der Waals surface area contributed by atoms with E-state index >= 15 is 0 Å². The highest BCUT2D eigenvalue weighted by molar-refractivity contribution is 5.39. The van der Waals surface area contributed by atoms with Gasteiger partial charge in [0.1, 0.15) is 5.65 Å². The van der Waals surface area contributed by atoms with E-state index in [9.17, 15) is 13.2 Å². The molecule has 0 spiro atoms. The molecule has 2 aromatic heterocycles. The first-order valence-electron chi connectivity index (χ1n) is 9.40. The van der Waals surface area contributed by atoms with Crippen molar-refractivity contribution >= 4 is 5.65 Å². The minimum atomic E-state index is -4.32. The molecular formula is C21H22F3N3O. The van der Waals surface area contributed by atoms with E-state index in [1.807, 2.05) is 35.0 Å². The summed E-state index contributed by atoms with van der Waals surface area (Å²) in [7, 11) is 0. The van der Waals surface area contributed by atoms with Gasteiger partial charge >= 0.3 is 6.18 Å². The SMILES string of the molecule is FC(F)(F)c1cccc(COC2CCN(Cc3cn4ccccc4n3)CC2)c1. The molecule has 7 heteroatoms. The largest absolute Gasteiger partial charge is 0.416 e. The van der Waals surface area contributed by atoms with Gasteiger partial charge in [-0.3, -0.25) is 4.90 Å². The van der Waals surface area contributed by atoms with Gasteiger partial charge in [0.15, 0.2) is 0 Å². The second kappa shape index (κ2) is 7.93. The van der Waals surface area contributed by atoms with Crippen LogP contribution in [0.5, 0.6) is 0 Å². The van der Waals surface area contributed by atoms with Crippen LogP contribution < -0.4 is 0 Å². The first-order valence-corrected chi connectivity index (χ1v) is 9.40. The summed E-state index contributed by atoms with van der Waals surface area (Å²) < 4.78 is 46.3. The maximum Gasteiger partial charge on any atom is 0.416 e. The van der Waals surface area contributed by atoms with Crippen LogP contribution in [0.3, 0.4) is 0 Å². The average molecular weight is 389 g/mol. The van der Waals surface area contributed by atoms with Gasteiger partial charge in [-0.2, -0.15) is 13.2 Å². The summed E-state index contributed by atoms with van der Waals surface area (Å²) in [6, 6.07) is 11.3. The van der Waals surface area contributed by atoms with Crippen molar-refractivity contribution in [3.63, 3.8) is 0 Å². The number of fused-ring (bicyclic) bond motifs is 1. The minimum Gasteiger partial charge on any atom is -0.373 e. The third kappa shape index (κ3) is 4.54. The molecule has 1 aliphatic rings. The minimum absolute atomic E-state index is 0.0758. The summed E-state index contributed by atoms with van der Waals surface area (Å²) in [5.74, 6) is 0. The Morgan fingerprint density at radius 2 is 1.89 bits per heavy atom. The van der Waals surface area contributed by atoms with E-state index in [2.05, 4.69) is 9.88 Å². The Morgan fingerprint density at radius 1 is 1.07 bits per heavy atom. The van der Waals surface area contributed by atoms with Crippen LogP contribution in [0.2, 0.25) is 0 Å². The summed E-state index contributed by atoms with van der Waals surface area (Å²) in [5.41, 5.74) is 1.91. The lowest BCUT2D eigenvalue weighted by molar-refractivity contribution is -0.137. The summed E-state index contributed by atoms with van der Waals surface area (Å²) in [6.45, 7) is 2.78. The lowest BCUT2D eigenvalue weighted by Crippen LogP contribution is -2.36. The zero-order valence-corrected chi connectivity index (χ0v) is 15.4. The van der Waals surface area contributed by atoms with Crippen molar-refractivity contribution in [3.8, 4) is 0 Å². The average Bonchev–Trinajstić information content (AvgIpc) is 3.09.